The Balaban J connectivity index is 2.36. The van der Waals surface area contributed by atoms with Crippen molar-refractivity contribution in [3.05, 3.63) is 64.8 Å². The molecule has 0 N–H and O–H groups in total. The first-order valence-electron chi connectivity index (χ1n) is 7.00. The van der Waals surface area contributed by atoms with Gasteiger partial charge in [0.05, 0.1) is 5.69 Å². The van der Waals surface area contributed by atoms with Crippen LogP contribution in [0.5, 0.6) is 0 Å². The van der Waals surface area contributed by atoms with Gasteiger partial charge in [0.2, 0.25) is 0 Å². The van der Waals surface area contributed by atoms with Crippen LogP contribution in [-0.4, -0.2) is 4.98 Å². The van der Waals surface area contributed by atoms with E-state index in [-0.39, 0.29) is 0 Å². The quantitative estimate of drug-likeness (QED) is 0.591. The molecule has 0 aliphatic rings. The van der Waals surface area contributed by atoms with Gasteiger partial charge in [0.15, 0.2) is 0 Å². The van der Waals surface area contributed by atoms with Crippen LogP contribution in [0.3, 0.4) is 0 Å². The van der Waals surface area contributed by atoms with Gasteiger partial charge >= 0.3 is 0 Å². The monoisotopic (exact) mass is 261 g/mol. The zero-order valence-corrected chi connectivity index (χ0v) is 12.5. The standard InChI is InChI=1S/C19H19N/c1-12-6-8-17(14(3)9-12)19-18-10-13(2)5-7-16(18)15(4)11-20-19/h5-11H,1-4H3. The van der Waals surface area contributed by atoms with Gasteiger partial charge in [-0.05, 0) is 50.3 Å². The third kappa shape index (κ3) is 2.09. The molecule has 1 heteroatoms. The summed E-state index contributed by atoms with van der Waals surface area (Å²) in [4.78, 5) is 4.71. The molecule has 1 aromatic heterocycles. The van der Waals surface area contributed by atoms with Gasteiger partial charge in [0.1, 0.15) is 0 Å². The molecule has 1 nitrogen and oxygen atoms in total. The molecule has 3 rings (SSSR count). The Morgan fingerprint density at radius 1 is 0.700 bits per heavy atom. The van der Waals surface area contributed by atoms with Crippen LogP contribution in [0.2, 0.25) is 0 Å². The molecule has 0 saturated heterocycles. The van der Waals surface area contributed by atoms with Crippen molar-refractivity contribution in [1.82, 2.24) is 4.98 Å². The highest BCUT2D eigenvalue weighted by molar-refractivity contribution is 5.97. The van der Waals surface area contributed by atoms with E-state index in [1.165, 1.54) is 38.6 Å². The lowest BCUT2D eigenvalue weighted by Gasteiger charge is -2.12. The van der Waals surface area contributed by atoms with Crippen molar-refractivity contribution in [2.24, 2.45) is 0 Å². The molecule has 0 bridgehead atoms. The third-order valence-corrected chi connectivity index (χ3v) is 3.88. The van der Waals surface area contributed by atoms with E-state index in [9.17, 15) is 0 Å². The van der Waals surface area contributed by atoms with Crippen LogP contribution in [0.1, 0.15) is 22.3 Å². The topological polar surface area (TPSA) is 12.9 Å². The predicted octanol–water partition coefficient (Wildman–Crippen LogP) is 5.14. The number of rotatable bonds is 1. The fourth-order valence-electron chi connectivity index (χ4n) is 2.79. The molecule has 3 aromatic rings. The molecular formula is C19H19N. The number of aromatic nitrogens is 1. The number of fused-ring (bicyclic) bond motifs is 1. The first-order valence-corrected chi connectivity index (χ1v) is 7.00. The molecule has 0 fully saturated rings. The van der Waals surface area contributed by atoms with Crippen LogP contribution >= 0.6 is 0 Å². The fraction of sp³-hybridized carbons (Fsp3) is 0.211. The average molecular weight is 261 g/mol. The van der Waals surface area contributed by atoms with Crippen molar-refractivity contribution >= 4 is 10.8 Å². The minimum atomic E-state index is 1.09. The van der Waals surface area contributed by atoms with Crippen molar-refractivity contribution in [3.63, 3.8) is 0 Å². The smallest absolute Gasteiger partial charge is 0.0783 e. The molecule has 0 radical (unpaired) electrons. The highest BCUT2D eigenvalue weighted by atomic mass is 14.7. The van der Waals surface area contributed by atoms with Crippen molar-refractivity contribution in [2.45, 2.75) is 27.7 Å². The van der Waals surface area contributed by atoms with E-state index in [4.69, 9.17) is 4.98 Å². The lowest BCUT2D eigenvalue weighted by atomic mass is 9.96. The van der Waals surface area contributed by atoms with Gasteiger partial charge in [-0.1, -0.05) is 41.5 Å². The van der Waals surface area contributed by atoms with E-state index in [1.807, 2.05) is 6.20 Å². The van der Waals surface area contributed by atoms with Gasteiger partial charge in [-0.3, -0.25) is 4.98 Å². The first kappa shape index (κ1) is 12.9. The SMILES string of the molecule is Cc1ccc(-c2ncc(C)c3ccc(C)cc23)c(C)c1. The lowest BCUT2D eigenvalue weighted by Crippen LogP contribution is -1.92. The molecule has 1 heterocycles. The summed E-state index contributed by atoms with van der Waals surface area (Å²) in [7, 11) is 0. The molecule has 0 unspecified atom stereocenters. The van der Waals surface area contributed by atoms with Gasteiger partial charge < -0.3 is 0 Å². The van der Waals surface area contributed by atoms with Crippen LogP contribution in [-0.2, 0) is 0 Å². The maximum Gasteiger partial charge on any atom is 0.0783 e. The maximum absolute atomic E-state index is 4.71. The summed E-state index contributed by atoms with van der Waals surface area (Å²) in [6.07, 6.45) is 1.98. The third-order valence-electron chi connectivity index (χ3n) is 3.88. The van der Waals surface area contributed by atoms with Crippen LogP contribution in [0, 0.1) is 27.7 Å². The molecule has 100 valence electrons. The molecule has 0 atom stereocenters. The number of aryl methyl sites for hydroxylation is 4. The Bertz CT molecular complexity index is 800. The van der Waals surface area contributed by atoms with E-state index in [2.05, 4.69) is 64.1 Å². The predicted molar refractivity (Wildman–Crippen MR) is 86.1 cm³/mol. The molecule has 0 aliphatic carbocycles. The minimum Gasteiger partial charge on any atom is -0.255 e. The van der Waals surface area contributed by atoms with Gasteiger partial charge in [-0.2, -0.15) is 0 Å². The molecule has 0 aliphatic heterocycles. The fourth-order valence-corrected chi connectivity index (χ4v) is 2.79. The largest absolute Gasteiger partial charge is 0.255 e. The Morgan fingerprint density at radius 3 is 2.15 bits per heavy atom. The lowest BCUT2D eigenvalue weighted by molar-refractivity contribution is 1.28. The van der Waals surface area contributed by atoms with Crippen molar-refractivity contribution in [3.8, 4) is 11.3 Å². The minimum absolute atomic E-state index is 1.09. The number of pyridine rings is 1. The first-order chi connectivity index (χ1) is 9.56. The second-order valence-electron chi connectivity index (χ2n) is 5.66. The summed E-state index contributed by atoms with van der Waals surface area (Å²) >= 11 is 0. The highest BCUT2D eigenvalue weighted by Crippen LogP contribution is 2.31. The van der Waals surface area contributed by atoms with Crippen LogP contribution < -0.4 is 0 Å². The summed E-state index contributed by atoms with van der Waals surface area (Å²) in [6, 6.07) is 13.2. The highest BCUT2D eigenvalue weighted by Gasteiger charge is 2.10. The Kier molecular flexibility index (Phi) is 3.06. The van der Waals surface area contributed by atoms with Gasteiger partial charge in [-0.15, -0.1) is 0 Å². The number of hydrogen-bond acceptors (Lipinski definition) is 1. The normalized spacial score (nSPS) is 11.0. The molecule has 0 saturated carbocycles. The summed E-state index contributed by atoms with van der Waals surface area (Å²) in [6.45, 7) is 8.54. The Morgan fingerprint density at radius 2 is 1.40 bits per heavy atom. The van der Waals surface area contributed by atoms with E-state index in [0.717, 1.165) is 5.69 Å². The second kappa shape index (κ2) is 4.75. The van der Waals surface area contributed by atoms with Crippen LogP contribution in [0.15, 0.2) is 42.6 Å². The van der Waals surface area contributed by atoms with E-state index >= 15 is 0 Å². The Hall–Kier alpha value is -2.15. The molecule has 0 amide bonds. The van der Waals surface area contributed by atoms with Crippen LogP contribution in [0.25, 0.3) is 22.0 Å². The molecular weight excluding hydrogens is 242 g/mol. The average Bonchev–Trinajstić information content (AvgIpc) is 2.40. The number of hydrogen-bond donors (Lipinski definition) is 0. The van der Waals surface area contributed by atoms with Crippen molar-refractivity contribution < 1.29 is 0 Å². The molecule has 0 spiro atoms. The molecule has 20 heavy (non-hydrogen) atoms. The van der Waals surface area contributed by atoms with Crippen LogP contribution in [0.4, 0.5) is 0 Å². The van der Waals surface area contributed by atoms with Crippen molar-refractivity contribution in [2.75, 3.05) is 0 Å². The number of benzene rings is 2. The van der Waals surface area contributed by atoms with Gasteiger partial charge in [0.25, 0.3) is 0 Å². The maximum atomic E-state index is 4.71. The summed E-state index contributed by atoms with van der Waals surface area (Å²) in [5.41, 5.74) is 7.39. The zero-order chi connectivity index (χ0) is 14.3. The Labute approximate surface area is 120 Å². The molecule has 2 aromatic carbocycles. The second-order valence-corrected chi connectivity index (χ2v) is 5.66. The summed E-state index contributed by atoms with van der Waals surface area (Å²) in [5, 5.41) is 2.54. The summed E-state index contributed by atoms with van der Waals surface area (Å²) < 4.78 is 0. The van der Waals surface area contributed by atoms with Crippen molar-refractivity contribution in [1.29, 1.82) is 0 Å². The van der Waals surface area contributed by atoms with E-state index in [0.29, 0.717) is 0 Å². The van der Waals surface area contributed by atoms with E-state index < -0.39 is 0 Å². The zero-order valence-electron chi connectivity index (χ0n) is 12.5. The van der Waals surface area contributed by atoms with E-state index in [1.54, 1.807) is 0 Å². The van der Waals surface area contributed by atoms with Gasteiger partial charge in [0, 0.05) is 17.1 Å². The number of nitrogens with zero attached hydrogens (tertiary/aromatic N) is 1. The summed E-state index contributed by atoms with van der Waals surface area (Å²) in [5.74, 6) is 0. The van der Waals surface area contributed by atoms with Gasteiger partial charge in [-0.25, -0.2) is 0 Å².